The molecule has 3 heteroatoms. The molecule has 1 atom stereocenters. The highest BCUT2D eigenvalue weighted by Gasteiger charge is 2.06. The average Bonchev–Trinajstić information content (AvgIpc) is 2.00. The predicted molar refractivity (Wildman–Crippen MR) is 50.7 cm³/mol. The molecule has 0 N–H and O–H groups in total. The van der Waals surface area contributed by atoms with Crippen molar-refractivity contribution in [2.45, 2.75) is 19.4 Å². The molecule has 1 unspecified atom stereocenters. The molecule has 0 spiro atoms. The molecular weight excluding hydrogens is 156 g/mol. The van der Waals surface area contributed by atoms with Gasteiger partial charge in [0.2, 0.25) is 0 Å². The van der Waals surface area contributed by atoms with Crippen LogP contribution in [0.3, 0.4) is 0 Å². The molecule has 0 aromatic carbocycles. The topological polar surface area (TPSA) is 27.0 Å². The summed E-state index contributed by atoms with van der Waals surface area (Å²) in [4.78, 5) is 2.08. The van der Waals surface area contributed by atoms with E-state index < -0.39 is 0 Å². The Morgan fingerprint density at radius 3 is 2.73 bits per heavy atom. The minimum Gasteiger partial charge on any atom is -0.291 e. The van der Waals surface area contributed by atoms with Gasteiger partial charge in [-0.1, -0.05) is 0 Å². The maximum atomic E-state index is 8.41. The van der Waals surface area contributed by atoms with Crippen LogP contribution in [0.4, 0.5) is 0 Å². The Kier molecular flexibility index (Phi) is 6.39. The Morgan fingerprint density at radius 2 is 2.27 bits per heavy atom. The maximum absolute atomic E-state index is 8.41. The second kappa shape index (κ2) is 6.51. The zero-order valence-corrected chi connectivity index (χ0v) is 8.32. The fourth-order valence-corrected chi connectivity index (χ4v) is 1.35. The van der Waals surface area contributed by atoms with E-state index in [1.165, 1.54) is 12.2 Å². The Hall–Kier alpha value is -0.200. The van der Waals surface area contributed by atoms with Gasteiger partial charge >= 0.3 is 0 Å². The second-order valence-corrected chi connectivity index (χ2v) is 3.69. The molecule has 0 aliphatic rings. The molecule has 0 aromatic rings. The van der Waals surface area contributed by atoms with E-state index in [1.54, 1.807) is 0 Å². The van der Waals surface area contributed by atoms with Gasteiger partial charge in [-0.3, -0.25) is 4.90 Å². The van der Waals surface area contributed by atoms with E-state index in [1.807, 2.05) is 18.8 Å². The van der Waals surface area contributed by atoms with Crippen LogP contribution in [0.15, 0.2) is 0 Å². The smallest absolute Gasteiger partial charge is 0.0865 e. The number of nitrogens with zero attached hydrogens (tertiary/aromatic N) is 2. The molecule has 0 aliphatic carbocycles. The third-order valence-corrected chi connectivity index (χ3v) is 2.46. The first kappa shape index (κ1) is 10.8. The zero-order chi connectivity index (χ0) is 8.69. The van der Waals surface area contributed by atoms with Crippen molar-refractivity contribution >= 4 is 11.8 Å². The Morgan fingerprint density at radius 1 is 1.64 bits per heavy atom. The standard InChI is InChI=1S/C8H16N2S/c1-8(4-7-11-3)10(2)6-5-9/h8H,4,6-7H2,1-3H3. The minimum absolute atomic E-state index is 0.530. The summed E-state index contributed by atoms with van der Waals surface area (Å²) >= 11 is 1.86. The van der Waals surface area contributed by atoms with Crippen LogP contribution in [0.25, 0.3) is 0 Å². The SMILES string of the molecule is CSCCC(C)N(C)CC#N. The van der Waals surface area contributed by atoms with Gasteiger partial charge in [-0.25, -0.2) is 0 Å². The van der Waals surface area contributed by atoms with Crippen LogP contribution in [0.1, 0.15) is 13.3 Å². The monoisotopic (exact) mass is 172 g/mol. The van der Waals surface area contributed by atoms with Crippen LogP contribution in [0, 0.1) is 11.3 Å². The minimum atomic E-state index is 0.530. The summed E-state index contributed by atoms with van der Waals surface area (Å²) in [6.07, 6.45) is 3.27. The van der Waals surface area contributed by atoms with Gasteiger partial charge in [0.15, 0.2) is 0 Å². The summed E-state index contributed by atoms with van der Waals surface area (Å²) < 4.78 is 0. The van der Waals surface area contributed by atoms with Gasteiger partial charge < -0.3 is 0 Å². The number of rotatable bonds is 5. The lowest BCUT2D eigenvalue weighted by atomic mass is 10.2. The first-order valence-corrected chi connectivity index (χ1v) is 5.18. The maximum Gasteiger partial charge on any atom is 0.0865 e. The lowest BCUT2D eigenvalue weighted by molar-refractivity contribution is 0.282. The highest BCUT2D eigenvalue weighted by molar-refractivity contribution is 7.98. The molecule has 0 bridgehead atoms. The lowest BCUT2D eigenvalue weighted by Crippen LogP contribution is -2.29. The van der Waals surface area contributed by atoms with Crippen LogP contribution in [-0.4, -0.2) is 36.5 Å². The number of hydrogen-bond donors (Lipinski definition) is 0. The van der Waals surface area contributed by atoms with Crippen molar-refractivity contribution in [3.63, 3.8) is 0 Å². The van der Waals surface area contributed by atoms with Gasteiger partial charge in [0.05, 0.1) is 12.6 Å². The quantitative estimate of drug-likeness (QED) is 0.589. The number of nitriles is 1. The van der Waals surface area contributed by atoms with Crippen molar-refractivity contribution in [2.75, 3.05) is 25.6 Å². The van der Waals surface area contributed by atoms with Crippen LogP contribution in [-0.2, 0) is 0 Å². The first-order valence-electron chi connectivity index (χ1n) is 3.78. The normalized spacial score (nSPS) is 13.0. The molecule has 2 nitrogen and oxygen atoms in total. The first-order chi connectivity index (χ1) is 5.22. The van der Waals surface area contributed by atoms with Crippen molar-refractivity contribution in [1.82, 2.24) is 4.90 Å². The van der Waals surface area contributed by atoms with E-state index in [4.69, 9.17) is 5.26 Å². The average molecular weight is 172 g/mol. The molecule has 0 heterocycles. The van der Waals surface area contributed by atoms with Gasteiger partial charge in [0.1, 0.15) is 0 Å². The van der Waals surface area contributed by atoms with Crippen molar-refractivity contribution in [2.24, 2.45) is 0 Å². The largest absolute Gasteiger partial charge is 0.291 e. The second-order valence-electron chi connectivity index (χ2n) is 2.70. The molecular formula is C8H16N2S. The van der Waals surface area contributed by atoms with E-state index in [-0.39, 0.29) is 0 Å². The van der Waals surface area contributed by atoms with Crippen molar-refractivity contribution < 1.29 is 0 Å². The Balaban J connectivity index is 3.48. The molecule has 0 rings (SSSR count). The van der Waals surface area contributed by atoms with Crippen LogP contribution in [0.5, 0.6) is 0 Å². The van der Waals surface area contributed by atoms with Crippen LogP contribution < -0.4 is 0 Å². The summed E-state index contributed by atoms with van der Waals surface area (Å²) in [6.45, 7) is 2.70. The van der Waals surface area contributed by atoms with Gasteiger partial charge in [0, 0.05) is 6.04 Å². The van der Waals surface area contributed by atoms with Crippen molar-refractivity contribution in [1.29, 1.82) is 5.26 Å². The van der Waals surface area contributed by atoms with Crippen LogP contribution in [0.2, 0.25) is 0 Å². The summed E-state index contributed by atoms with van der Waals surface area (Å²) in [5.41, 5.74) is 0. The molecule has 0 saturated heterocycles. The highest BCUT2D eigenvalue weighted by atomic mass is 32.2. The molecule has 0 amide bonds. The lowest BCUT2D eigenvalue weighted by Gasteiger charge is -2.20. The van der Waals surface area contributed by atoms with Gasteiger partial charge in [-0.05, 0) is 32.4 Å². The Bertz CT molecular complexity index is 131. The molecule has 0 saturated carbocycles. The molecule has 64 valence electrons. The summed E-state index contributed by atoms with van der Waals surface area (Å²) in [6, 6.07) is 2.67. The van der Waals surface area contributed by atoms with Crippen molar-refractivity contribution in [3.8, 4) is 6.07 Å². The summed E-state index contributed by atoms with van der Waals surface area (Å²) in [7, 11) is 1.99. The molecule has 0 fully saturated rings. The summed E-state index contributed by atoms with van der Waals surface area (Å²) in [5.74, 6) is 1.18. The fraction of sp³-hybridized carbons (Fsp3) is 0.875. The van der Waals surface area contributed by atoms with Crippen molar-refractivity contribution in [3.05, 3.63) is 0 Å². The summed E-state index contributed by atoms with van der Waals surface area (Å²) in [5, 5.41) is 8.41. The third-order valence-electron chi connectivity index (χ3n) is 1.81. The molecule has 0 aromatic heterocycles. The zero-order valence-electron chi connectivity index (χ0n) is 7.50. The molecule has 0 radical (unpaired) electrons. The number of thioether (sulfide) groups is 1. The van der Waals surface area contributed by atoms with E-state index in [9.17, 15) is 0 Å². The van der Waals surface area contributed by atoms with Crippen LogP contribution >= 0.6 is 11.8 Å². The molecule has 0 aliphatic heterocycles. The third kappa shape index (κ3) is 5.11. The number of hydrogen-bond acceptors (Lipinski definition) is 3. The van der Waals surface area contributed by atoms with E-state index in [0.717, 1.165) is 0 Å². The highest BCUT2D eigenvalue weighted by Crippen LogP contribution is 2.04. The van der Waals surface area contributed by atoms with E-state index in [0.29, 0.717) is 12.6 Å². The fourth-order valence-electron chi connectivity index (χ4n) is 0.776. The van der Waals surface area contributed by atoms with E-state index in [2.05, 4.69) is 24.1 Å². The Labute approximate surface area is 73.6 Å². The predicted octanol–water partition coefficient (Wildman–Crippen LogP) is 1.58. The van der Waals surface area contributed by atoms with Gasteiger partial charge in [-0.2, -0.15) is 17.0 Å². The molecule has 11 heavy (non-hydrogen) atoms. The van der Waals surface area contributed by atoms with Gasteiger partial charge in [-0.15, -0.1) is 0 Å². The van der Waals surface area contributed by atoms with Gasteiger partial charge in [0.25, 0.3) is 0 Å². The van der Waals surface area contributed by atoms with E-state index >= 15 is 0 Å².